The van der Waals surface area contributed by atoms with Crippen LogP contribution in [0.2, 0.25) is 0 Å². The molecule has 0 aliphatic heterocycles. The van der Waals surface area contributed by atoms with E-state index in [0.29, 0.717) is 23.2 Å². The zero-order valence-electron chi connectivity index (χ0n) is 12.2. The number of rotatable bonds is 7. The third-order valence-corrected chi connectivity index (χ3v) is 5.29. The van der Waals surface area contributed by atoms with Gasteiger partial charge in [-0.3, -0.25) is 13.7 Å². The van der Waals surface area contributed by atoms with Crippen LogP contribution in [0.5, 0.6) is 0 Å². The van der Waals surface area contributed by atoms with Gasteiger partial charge in [-0.15, -0.1) is 0 Å². The summed E-state index contributed by atoms with van der Waals surface area (Å²) in [7, 11) is 0.950. The van der Waals surface area contributed by atoms with Crippen LogP contribution < -0.4 is 0 Å². The number of aliphatic carboxylic acids is 1. The quantitative estimate of drug-likeness (QED) is 0.763. The van der Waals surface area contributed by atoms with E-state index in [9.17, 15) is 9.00 Å². The number of imidazole rings is 1. The van der Waals surface area contributed by atoms with Crippen molar-refractivity contribution in [2.24, 2.45) is 7.05 Å². The number of hydrogen-bond acceptors (Lipinski definition) is 5. The topological polar surface area (TPSA) is 90.0 Å². The minimum atomic E-state index is -0.884. The maximum atomic E-state index is 11.7. The molecule has 0 amide bonds. The lowest BCUT2D eigenvalue weighted by atomic mass is 10.4. The molecule has 1 N–H and O–H groups in total. The Hall–Kier alpha value is -1.35. The second kappa shape index (κ2) is 6.61. The largest absolute Gasteiger partial charge is 0.481 e. The predicted molar refractivity (Wildman–Crippen MR) is 83.1 cm³/mol. The van der Waals surface area contributed by atoms with Gasteiger partial charge >= 0.3 is 5.97 Å². The molecular weight excluding hydrogens is 312 g/mol. The Kier molecular flexibility index (Phi) is 5.04. The standard InChI is InChI=1S/C12H18N4O3S2/c1-4-21(19)6-5-16-11-10(8(2)14-15(11)3)13-12(16)20-7-9(17)18/h4-7H2,1-3H3,(H,17,18). The Bertz CT molecular complexity index is 692. The highest BCUT2D eigenvalue weighted by molar-refractivity contribution is 7.99. The number of hydrogen-bond donors (Lipinski definition) is 1. The van der Waals surface area contributed by atoms with E-state index in [0.717, 1.165) is 16.9 Å². The molecule has 0 aromatic carbocycles. The first-order valence-electron chi connectivity index (χ1n) is 6.53. The van der Waals surface area contributed by atoms with Gasteiger partial charge in [0.2, 0.25) is 0 Å². The van der Waals surface area contributed by atoms with Gasteiger partial charge in [-0.2, -0.15) is 5.10 Å². The van der Waals surface area contributed by atoms with Crippen molar-refractivity contribution in [3.8, 4) is 0 Å². The number of carbonyl (C=O) groups is 1. The van der Waals surface area contributed by atoms with E-state index >= 15 is 0 Å². The van der Waals surface area contributed by atoms with Gasteiger partial charge in [-0.05, 0) is 6.92 Å². The van der Waals surface area contributed by atoms with Crippen molar-refractivity contribution < 1.29 is 14.1 Å². The lowest BCUT2D eigenvalue weighted by Gasteiger charge is -2.08. The van der Waals surface area contributed by atoms with Crippen LogP contribution in [0.25, 0.3) is 11.2 Å². The first kappa shape index (κ1) is 16.0. The third-order valence-electron chi connectivity index (χ3n) is 3.04. The van der Waals surface area contributed by atoms with Crippen LogP contribution in [0.15, 0.2) is 5.16 Å². The highest BCUT2D eigenvalue weighted by Gasteiger charge is 2.18. The van der Waals surface area contributed by atoms with E-state index in [2.05, 4.69) is 10.1 Å². The van der Waals surface area contributed by atoms with Crippen LogP contribution in [-0.4, -0.2) is 51.9 Å². The van der Waals surface area contributed by atoms with Gasteiger partial charge in [-0.1, -0.05) is 18.7 Å². The van der Waals surface area contributed by atoms with Crippen LogP contribution >= 0.6 is 11.8 Å². The molecule has 0 saturated heterocycles. The third kappa shape index (κ3) is 3.46. The SMILES string of the molecule is CCS(=O)CCn1c(SCC(=O)O)nc2c(C)nn(C)c21. The summed E-state index contributed by atoms with van der Waals surface area (Å²) in [6.45, 7) is 4.29. The number of carboxylic acid groups (broad SMARTS) is 1. The minimum absolute atomic E-state index is 0.0489. The Morgan fingerprint density at radius 2 is 2.19 bits per heavy atom. The van der Waals surface area contributed by atoms with Crippen LogP contribution in [0.3, 0.4) is 0 Å². The number of carboxylic acids is 1. The summed E-state index contributed by atoms with van der Waals surface area (Å²) >= 11 is 1.17. The Balaban J connectivity index is 2.38. The fourth-order valence-corrected chi connectivity index (χ4v) is 3.51. The summed E-state index contributed by atoms with van der Waals surface area (Å²) in [5.41, 5.74) is 2.42. The molecule has 1 atom stereocenters. The van der Waals surface area contributed by atoms with Crippen molar-refractivity contribution in [3.05, 3.63) is 5.69 Å². The molecule has 0 radical (unpaired) electrons. The maximum Gasteiger partial charge on any atom is 0.313 e. The zero-order valence-corrected chi connectivity index (χ0v) is 13.8. The molecule has 21 heavy (non-hydrogen) atoms. The number of nitrogens with zero attached hydrogens (tertiary/aromatic N) is 4. The highest BCUT2D eigenvalue weighted by atomic mass is 32.2. The average Bonchev–Trinajstić information content (AvgIpc) is 2.92. The van der Waals surface area contributed by atoms with Gasteiger partial charge in [0.05, 0.1) is 11.4 Å². The number of thioether (sulfide) groups is 1. The molecule has 2 aromatic heterocycles. The Morgan fingerprint density at radius 1 is 1.48 bits per heavy atom. The van der Waals surface area contributed by atoms with Crippen molar-refractivity contribution in [1.29, 1.82) is 0 Å². The van der Waals surface area contributed by atoms with E-state index in [4.69, 9.17) is 5.11 Å². The first-order chi connectivity index (χ1) is 9.93. The summed E-state index contributed by atoms with van der Waals surface area (Å²) in [5, 5.41) is 13.8. The van der Waals surface area contributed by atoms with E-state index < -0.39 is 16.8 Å². The Labute approximate surface area is 129 Å². The normalized spacial score (nSPS) is 12.9. The summed E-state index contributed by atoms with van der Waals surface area (Å²) in [6.07, 6.45) is 0. The lowest BCUT2D eigenvalue weighted by Crippen LogP contribution is -2.12. The van der Waals surface area contributed by atoms with Gasteiger partial charge < -0.3 is 9.67 Å². The lowest BCUT2D eigenvalue weighted by molar-refractivity contribution is -0.133. The van der Waals surface area contributed by atoms with Gasteiger partial charge in [0.15, 0.2) is 10.8 Å². The fourth-order valence-electron chi connectivity index (χ4n) is 2.09. The molecule has 1 unspecified atom stereocenters. The Morgan fingerprint density at radius 3 is 2.81 bits per heavy atom. The minimum Gasteiger partial charge on any atom is -0.481 e. The van der Waals surface area contributed by atoms with Gasteiger partial charge in [0.1, 0.15) is 5.52 Å². The van der Waals surface area contributed by atoms with Crippen molar-refractivity contribution in [2.45, 2.75) is 25.5 Å². The molecule has 2 heterocycles. The average molecular weight is 330 g/mol. The number of aryl methyl sites for hydroxylation is 3. The van der Waals surface area contributed by atoms with E-state index in [1.807, 2.05) is 25.5 Å². The first-order valence-corrected chi connectivity index (χ1v) is 9.00. The zero-order chi connectivity index (χ0) is 15.6. The smallest absolute Gasteiger partial charge is 0.313 e. The molecule has 0 spiro atoms. The van der Waals surface area contributed by atoms with Crippen molar-refractivity contribution in [3.63, 3.8) is 0 Å². The highest BCUT2D eigenvalue weighted by Crippen LogP contribution is 2.25. The van der Waals surface area contributed by atoms with Crippen molar-refractivity contribution >= 4 is 39.7 Å². The molecule has 116 valence electrons. The summed E-state index contributed by atoms with van der Waals surface area (Å²) in [6, 6.07) is 0. The predicted octanol–water partition coefficient (Wildman–Crippen LogP) is 1.02. The van der Waals surface area contributed by atoms with Crippen molar-refractivity contribution in [1.82, 2.24) is 19.3 Å². The summed E-state index contributed by atoms with van der Waals surface area (Å²) < 4.78 is 15.3. The van der Waals surface area contributed by atoms with E-state index in [1.165, 1.54) is 11.8 Å². The van der Waals surface area contributed by atoms with Gasteiger partial charge in [-0.25, -0.2) is 4.98 Å². The van der Waals surface area contributed by atoms with E-state index in [-0.39, 0.29) is 5.75 Å². The number of aromatic nitrogens is 4. The molecule has 0 bridgehead atoms. The van der Waals surface area contributed by atoms with Crippen LogP contribution in [-0.2, 0) is 29.2 Å². The van der Waals surface area contributed by atoms with Gasteiger partial charge in [0, 0.05) is 35.9 Å². The fraction of sp³-hybridized carbons (Fsp3) is 0.583. The van der Waals surface area contributed by atoms with Crippen LogP contribution in [0, 0.1) is 6.92 Å². The maximum absolute atomic E-state index is 11.7. The van der Waals surface area contributed by atoms with Crippen LogP contribution in [0.4, 0.5) is 0 Å². The molecule has 9 heteroatoms. The van der Waals surface area contributed by atoms with E-state index in [1.54, 1.807) is 4.68 Å². The van der Waals surface area contributed by atoms with Crippen molar-refractivity contribution in [2.75, 3.05) is 17.3 Å². The van der Waals surface area contributed by atoms with Gasteiger partial charge in [0.25, 0.3) is 0 Å². The molecule has 2 aromatic rings. The molecule has 0 aliphatic carbocycles. The van der Waals surface area contributed by atoms with Crippen LogP contribution in [0.1, 0.15) is 12.6 Å². The molecule has 7 nitrogen and oxygen atoms in total. The second-order valence-electron chi connectivity index (χ2n) is 4.54. The monoisotopic (exact) mass is 330 g/mol. The summed E-state index contributed by atoms with van der Waals surface area (Å²) in [4.78, 5) is 15.2. The molecule has 0 saturated carbocycles. The molecule has 2 rings (SSSR count). The molecule has 0 fully saturated rings. The molecule has 0 aliphatic rings. The second-order valence-corrected chi connectivity index (χ2v) is 7.35. The summed E-state index contributed by atoms with van der Waals surface area (Å²) in [5.74, 6) is 0.199. The number of fused-ring (bicyclic) bond motifs is 1. The molecular formula is C12H18N4O3S2.